The standard InChI is InChI=1S/C15H23N3O4/c1-12-4-3-5-14(15(12)18(20)21)16(2)10-13(19)11-17-6-8-22-9-7-17/h3-5,13,19H,6-11H2,1-2H3/t13-/m0/s1. The number of hydrogen-bond acceptors (Lipinski definition) is 6. The third-order valence-electron chi connectivity index (χ3n) is 3.87. The average Bonchev–Trinajstić information content (AvgIpc) is 2.47. The quantitative estimate of drug-likeness (QED) is 0.624. The smallest absolute Gasteiger partial charge is 0.295 e. The number of nitro benzene ring substituents is 1. The number of hydrogen-bond donors (Lipinski definition) is 1. The molecule has 0 aromatic heterocycles. The van der Waals surface area contributed by atoms with Crippen LogP contribution < -0.4 is 4.90 Å². The summed E-state index contributed by atoms with van der Waals surface area (Å²) in [5, 5.41) is 21.5. The van der Waals surface area contributed by atoms with Crippen LogP contribution in [0.5, 0.6) is 0 Å². The molecule has 1 aliphatic heterocycles. The Morgan fingerprint density at radius 3 is 2.77 bits per heavy atom. The molecule has 1 aromatic rings. The number of para-hydroxylation sites is 1. The maximum Gasteiger partial charge on any atom is 0.295 e. The van der Waals surface area contributed by atoms with Gasteiger partial charge in [-0.1, -0.05) is 12.1 Å². The topological polar surface area (TPSA) is 79.1 Å². The number of morpholine rings is 1. The van der Waals surface area contributed by atoms with Crippen molar-refractivity contribution in [2.75, 3.05) is 51.3 Å². The van der Waals surface area contributed by atoms with Crippen molar-refractivity contribution < 1.29 is 14.8 Å². The van der Waals surface area contributed by atoms with Crippen LogP contribution in [0.2, 0.25) is 0 Å². The average molecular weight is 309 g/mol. The molecule has 7 nitrogen and oxygen atoms in total. The van der Waals surface area contributed by atoms with Gasteiger partial charge < -0.3 is 14.7 Å². The van der Waals surface area contributed by atoms with Gasteiger partial charge in [0, 0.05) is 38.8 Å². The number of aliphatic hydroxyl groups excluding tert-OH is 1. The van der Waals surface area contributed by atoms with Gasteiger partial charge in [-0.25, -0.2) is 0 Å². The van der Waals surface area contributed by atoms with E-state index in [1.807, 2.05) is 0 Å². The number of likely N-dealkylation sites (N-methyl/N-ethyl adjacent to an activating group) is 1. The lowest BCUT2D eigenvalue weighted by atomic mass is 10.1. The Labute approximate surface area is 130 Å². The molecule has 0 amide bonds. The van der Waals surface area contributed by atoms with Gasteiger partial charge in [-0.2, -0.15) is 0 Å². The molecule has 22 heavy (non-hydrogen) atoms. The molecule has 0 spiro atoms. The van der Waals surface area contributed by atoms with Crippen molar-refractivity contribution in [3.63, 3.8) is 0 Å². The Morgan fingerprint density at radius 1 is 1.45 bits per heavy atom. The van der Waals surface area contributed by atoms with Gasteiger partial charge in [-0.3, -0.25) is 15.0 Å². The normalized spacial score (nSPS) is 17.2. The number of benzene rings is 1. The summed E-state index contributed by atoms with van der Waals surface area (Å²) in [5.74, 6) is 0. The minimum atomic E-state index is -0.566. The second kappa shape index (κ2) is 7.53. The maximum absolute atomic E-state index is 11.2. The first kappa shape index (κ1) is 16.7. The monoisotopic (exact) mass is 309 g/mol. The van der Waals surface area contributed by atoms with Crippen LogP contribution in [-0.4, -0.2) is 67.5 Å². The van der Waals surface area contributed by atoms with Crippen molar-refractivity contribution >= 4 is 11.4 Å². The van der Waals surface area contributed by atoms with E-state index in [1.54, 1.807) is 37.1 Å². The van der Waals surface area contributed by atoms with Gasteiger partial charge in [-0.05, 0) is 13.0 Å². The number of nitrogens with zero attached hydrogens (tertiary/aromatic N) is 3. The van der Waals surface area contributed by atoms with Gasteiger partial charge in [-0.15, -0.1) is 0 Å². The molecule has 1 heterocycles. The Kier molecular flexibility index (Phi) is 5.70. The van der Waals surface area contributed by atoms with E-state index in [4.69, 9.17) is 4.74 Å². The second-order valence-corrected chi connectivity index (χ2v) is 5.65. The van der Waals surface area contributed by atoms with Gasteiger partial charge >= 0.3 is 0 Å². The van der Waals surface area contributed by atoms with Crippen molar-refractivity contribution in [3.05, 3.63) is 33.9 Å². The van der Waals surface area contributed by atoms with Crippen LogP contribution in [0.3, 0.4) is 0 Å². The first-order valence-electron chi connectivity index (χ1n) is 7.42. The summed E-state index contributed by atoms with van der Waals surface area (Å²) in [5.41, 5.74) is 1.26. The maximum atomic E-state index is 11.2. The summed E-state index contributed by atoms with van der Waals surface area (Å²) in [6.45, 7) is 5.61. The van der Waals surface area contributed by atoms with Crippen LogP contribution in [0.1, 0.15) is 5.56 Å². The van der Waals surface area contributed by atoms with E-state index in [1.165, 1.54) is 0 Å². The van der Waals surface area contributed by atoms with E-state index in [-0.39, 0.29) is 10.6 Å². The number of β-amino-alcohol motifs (C(OH)–C–C–N with tert-alkyl or cyclic N) is 1. The molecule has 1 atom stereocenters. The molecule has 0 saturated carbocycles. The highest BCUT2D eigenvalue weighted by atomic mass is 16.6. The van der Waals surface area contributed by atoms with E-state index < -0.39 is 6.10 Å². The van der Waals surface area contributed by atoms with E-state index >= 15 is 0 Å². The molecule has 7 heteroatoms. The Morgan fingerprint density at radius 2 is 2.14 bits per heavy atom. The van der Waals surface area contributed by atoms with Gasteiger partial charge in [0.15, 0.2) is 0 Å². The predicted octanol–water partition coefficient (Wildman–Crippen LogP) is 1.03. The zero-order chi connectivity index (χ0) is 16.1. The van der Waals surface area contributed by atoms with E-state index in [9.17, 15) is 15.2 Å². The first-order chi connectivity index (χ1) is 10.5. The lowest BCUT2D eigenvalue weighted by molar-refractivity contribution is -0.384. The molecule has 1 aliphatic rings. The summed E-state index contributed by atoms with van der Waals surface area (Å²) < 4.78 is 5.28. The summed E-state index contributed by atoms with van der Waals surface area (Å²) in [6.07, 6.45) is -0.566. The fourth-order valence-corrected chi connectivity index (χ4v) is 2.74. The number of rotatable bonds is 6. The lowest BCUT2D eigenvalue weighted by Gasteiger charge is -2.30. The SMILES string of the molecule is Cc1cccc(N(C)C[C@H](O)CN2CCOCC2)c1[N+](=O)[O-]. The number of aliphatic hydroxyl groups is 1. The predicted molar refractivity (Wildman–Crippen MR) is 84.4 cm³/mol. The van der Waals surface area contributed by atoms with Gasteiger partial charge in [0.05, 0.1) is 24.2 Å². The van der Waals surface area contributed by atoms with Crippen molar-refractivity contribution in [3.8, 4) is 0 Å². The van der Waals surface area contributed by atoms with Gasteiger partial charge in [0.2, 0.25) is 0 Å². The van der Waals surface area contributed by atoms with Crippen molar-refractivity contribution in [2.45, 2.75) is 13.0 Å². The van der Waals surface area contributed by atoms with Crippen molar-refractivity contribution in [1.29, 1.82) is 0 Å². The number of nitro groups is 1. The van der Waals surface area contributed by atoms with Crippen LogP contribution in [0.4, 0.5) is 11.4 Å². The second-order valence-electron chi connectivity index (χ2n) is 5.65. The highest BCUT2D eigenvalue weighted by Gasteiger charge is 2.22. The van der Waals surface area contributed by atoms with Crippen LogP contribution in [-0.2, 0) is 4.74 Å². The largest absolute Gasteiger partial charge is 0.390 e. The molecule has 2 rings (SSSR count). The summed E-state index contributed by atoms with van der Waals surface area (Å²) >= 11 is 0. The fraction of sp³-hybridized carbons (Fsp3) is 0.600. The van der Waals surface area contributed by atoms with E-state index in [2.05, 4.69) is 4.90 Å². The molecule has 1 saturated heterocycles. The zero-order valence-corrected chi connectivity index (χ0v) is 13.1. The number of ether oxygens (including phenoxy) is 1. The van der Waals surface area contributed by atoms with Crippen molar-refractivity contribution in [1.82, 2.24) is 4.90 Å². The highest BCUT2D eigenvalue weighted by molar-refractivity contribution is 5.66. The summed E-state index contributed by atoms with van der Waals surface area (Å²) in [6, 6.07) is 5.23. The molecule has 1 N–H and O–H groups in total. The molecule has 1 fully saturated rings. The van der Waals surface area contributed by atoms with Crippen LogP contribution >= 0.6 is 0 Å². The molecule has 0 unspecified atom stereocenters. The molecular formula is C15H23N3O4. The minimum Gasteiger partial charge on any atom is -0.390 e. The molecule has 0 bridgehead atoms. The third kappa shape index (κ3) is 4.16. The number of aryl methyl sites for hydroxylation is 1. The zero-order valence-electron chi connectivity index (χ0n) is 13.1. The fourth-order valence-electron chi connectivity index (χ4n) is 2.74. The van der Waals surface area contributed by atoms with E-state index in [0.717, 1.165) is 13.1 Å². The third-order valence-corrected chi connectivity index (χ3v) is 3.87. The Bertz CT molecular complexity index is 518. The molecule has 1 aromatic carbocycles. The highest BCUT2D eigenvalue weighted by Crippen LogP contribution is 2.30. The summed E-state index contributed by atoms with van der Waals surface area (Å²) in [7, 11) is 1.77. The van der Waals surface area contributed by atoms with Gasteiger partial charge in [0.1, 0.15) is 5.69 Å². The molecule has 0 radical (unpaired) electrons. The first-order valence-corrected chi connectivity index (χ1v) is 7.42. The molecule has 0 aliphatic carbocycles. The summed E-state index contributed by atoms with van der Waals surface area (Å²) in [4.78, 5) is 14.8. The Balaban J connectivity index is 2.00. The lowest BCUT2D eigenvalue weighted by Crippen LogP contribution is -2.44. The van der Waals surface area contributed by atoms with E-state index in [0.29, 0.717) is 37.6 Å². The number of anilines is 1. The van der Waals surface area contributed by atoms with Crippen LogP contribution in [0.25, 0.3) is 0 Å². The van der Waals surface area contributed by atoms with Crippen LogP contribution in [0.15, 0.2) is 18.2 Å². The molecule has 122 valence electrons. The molecular weight excluding hydrogens is 286 g/mol. The van der Waals surface area contributed by atoms with Crippen molar-refractivity contribution in [2.24, 2.45) is 0 Å². The van der Waals surface area contributed by atoms with Crippen LogP contribution in [0, 0.1) is 17.0 Å². The minimum absolute atomic E-state index is 0.101. The Hall–Kier alpha value is -1.70. The van der Waals surface area contributed by atoms with Gasteiger partial charge in [0.25, 0.3) is 5.69 Å².